The van der Waals surface area contributed by atoms with Gasteiger partial charge in [-0.3, -0.25) is 0 Å². The van der Waals surface area contributed by atoms with Gasteiger partial charge in [-0.1, -0.05) is 11.6 Å². The van der Waals surface area contributed by atoms with E-state index in [9.17, 15) is 13.2 Å². The van der Waals surface area contributed by atoms with Gasteiger partial charge in [0.15, 0.2) is 0 Å². The Morgan fingerprint density at radius 1 is 1.22 bits per heavy atom. The van der Waals surface area contributed by atoms with Crippen molar-refractivity contribution in [1.82, 2.24) is 19.9 Å². The lowest BCUT2D eigenvalue weighted by atomic mass is 9.89. The van der Waals surface area contributed by atoms with Crippen LogP contribution in [0.1, 0.15) is 59.7 Å². The van der Waals surface area contributed by atoms with E-state index >= 15 is 0 Å². The van der Waals surface area contributed by atoms with Gasteiger partial charge in [-0.2, -0.15) is 4.98 Å². The zero-order chi connectivity index (χ0) is 22.4. The summed E-state index contributed by atoms with van der Waals surface area (Å²) in [6, 6.07) is 3.57. The number of hydrogen-bond acceptors (Lipinski definition) is 4. The maximum atomic E-state index is 14.6. The number of aryl methyl sites for hydroxylation is 2. The molecule has 0 saturated carbocycles. The summed E-state index contributed by atoms with van der Waals surface area (Å²) in [5.41, 5.74) is 10.5. The quantitative estimate of drug-likeness (QED) is 0.551. The third kappa shape index (κ3) is 3.66. The molecule has 1 aliphatic heterocycles. The van der Waals surface area contributed by atoms with E-state index in [1.165, 1.54) is 11.6 Å². The molecule has 0 saturated heterocycles. The Bertz CT molecular complexity index is 1210. The average molecular weight is 442 g/mol. The molecule has 5 nitrogen and oxygen atoms in total. The molecule has 1 aromatic carbocycles. The van der Waals surface area contributed by atoms with Crippen molar-refractivity contribution in [2.24, 2.45) is 0 Å². The third-order valence-corrected chi connectivity index (χ3v) is 6.73. The highest BCUT2D eigenvalue weighted by Crippen LogP contribution is 2.36. The summed E-state index contributed by atoms with van der Waals surface area (Å²) >= 11 is 0. The Hall–Kier alpha value is -2.87. The number of alkyl halides is 2. The molecule has 5 rings (SSSR count). The maximum absolute atomic E-state index is 14.6. The summed E-state index contributed by atoms with van der Waals surface area (Å²) in [4.78, 5) is 8.66. The van der Waals surface area contributed by atoms with Crippen molar-refractivity contribution in [3.05, 3.63) is 63.7 Å². The van der Waals surface area contributed by atoms with Crippen molar-refractivity contribution in [1.29, 1.82) is 0 Å². The van der Waals surface area contributed by atoms with Crippen LogP contribution in [0.5, 0.6) is 0 Å². The first kappa shape index (κ1) is 21.0. The van der Waals surface area contributed by atoms with E-state index in [1.807, 2.05) is 19.2 Å². The molecule has 168 valence electrons. The Kier molecular flexibility index (Phi) is 5.41. The van der Waals surface area contributed by atoms with Gasteiger partial charge < -0.3 is 15.6 Å². The second-order valence-corrected chi connectivity index (χ2v) is 8.68. The number of benzene rings is 1. The third-order valence-electron chi connectivity index (χ3n) is 6.73. The fourth-order valence-electron chi connectivity index (χ4n) is 5.10. The standard InChI is InChI=1S/C24H26F3N5/c1-13-17-7-9-32(23(17)31-24(28)30-13)16-5-3-14(10-16)2-4-15-11-19(22(26)27)21(25)18-6-8-29-12-20(15)18/h7,9-11,16,22,29H,2-6,8,12H2,1H3,(H2,28,30,31). The highest BCUT2D eigenvalue weighted by atomic mass is 19.3. The predicted octanol–water partition coefficient (Wildman–Crippen LogP) is 4.94. The zero-order valence-electron chi connectivity index (χ0n) is 18.0. The normalized spacial score (nSPS) is 18.4. The van der Waals surface area contributed by atoms with Crippen molar-refractivity contribution in [3.8, 4) is 0 Å². The highest BCUT2D eigenvalue weighted by molar-refractivity contribution is 5.79. The number of halogens is 3. The van der Waals surface area contributed by atoms with Crippen LogP contribution in [0.15, 0.2) is 30.0 Å². The molecule has 0 spiro atoms. The van der Waals surface area contributed by atoms with Gasteiger partial charge in [0.2, 0.25) is 5.95 Å². The molecule has 3 N–H and O–H groups in total. The number of fused-ring (bicyclic) bond motifs is 2. The SMILES string of the molecule is Cc1nc(N)nc2c1ccn2C1C=C(CCc2cc(C(F)F)c(F)c3c2CNCC3)CC1. The van der Waals surface area contributed by atoms with Gasteiger partial charge in [-0.15, -0.1) is 0 Å². The summed E-state index contributed by atoms with van der Waals surface area (Å²) in [7, 11) is 0. The van der Waals surface area contributed by atoms with Gasteiger partial charge in [-0.05, 0) is 74.4 Å². The van der Waals surface area contributed by atoms with E-state index in [1.54, 1.807) is 0 Å². The Morgan fingerprint density at radius 3 is 2.88 bits per heavy atom. The van der Waals surface area contributed by atoms with Gasteiger partial charge in [0.1, 0.15) is 11.5 Å². The highest BCUT2D eigenvalue weighted by Gasteiger charge is 2.25. The van der Waals surface area contributed by atoms with Crippen molar-refractivity contribution in [3.63, 3.8) is 0 Å². The number of aromatic nitrogens is 3. The predicted molar refractivity (Wildman–Crippen MR) is 118 cm³/mol. The minimum absolute atomic E-state index is 0.177. The molecule has 1 aliphatic carbocycles. The van der Waals surface area contributed by atoms with Crippen LogP contribution >= 0.6 is 0 Å². The van der Waals surface area contributed by atoms with E-state index in [4.69, 9.17) is 5.73 Å². The smallest absolute Gasteiger partial charge is 0.266 e. The first-order chi connectivity index (χ1) is 15.4. The largest absolute Gasteiger partial charge is 0.368 e. The van der Waals surface area contributed by atoms with Crippen LogP contribution in [0.25, 0.3) is 11.0 Å². The van der Waals surface area contributed by atoms with Gasteiger partial charge >= 0.3 is 0 Å². The van der Waals surface area contributed by atoms with E-state index in [2.05, 4.69) is 25.9 Å². The van der Waals surface area contributed by atoms with Crippen LogP contribution in [0.3, 0.4) is 0 Å². The number of anilines is 1. The monoisotopic (exact) mass is 441 g/mol. The van der Waals surface area contributed by atoms with Crippen molar-refractivity contribution in [2.75, 3.05) is 12.3 Å². The minimum Gasteiger partial charge on any atom is -0.368 e. The Morgan fingerprint density at radius 2 is 2.06 bits per heavy atom. The molecule has 0 amide bonds. The molecule has 0 bridgehead atoms. The molecule has 1 atom stereocenters. The molecule has 2 aliphatic rings. The Balaban J connectivity index is 1.39. The second-order valence-electron chi connectivity index (χ2n) is 8.68. The first-order valence-corrected chi connectivity index (χ1v) is 11.0. The summed E-state index contributed by atoms with van der Waals surface area (Å²) < 4.78 is 43.6. The van der Waals surface area contributed by atoms with Crippen LogP contribution in [0.2, 0.25) is 0 Å². The van der Waals surface area contributed by atoms with Crippen molar-refractivity contribution < 1.29 is 13.2 Å². The van der Waals surface area contributed by atoms with E-state index in [0.717, 1.165) is 47.1 Å². The van der Waals surface area contributed by atoms with Crippen LogP contribution in [0, 0.1) is 12.7 Å². The van der Waals surface area contributed by atoms with E-state index < -0.39 is 17.8 Å². The van der Waals surface area contributed by atoms with Gasteiger partial charge in [0, 0.05) is 18.1 Å². The van der Waals surface area contributed by atoms with Crippen LogP contribution in [-0.4, -0.2) is 21.1 Å². The summed E-state index contributed by atoms with van der Waals surface area (Å²) in [5.74, 6) is -0.460. The summed E-state index contributed by atoms with van der Waals surface area (Å²) in [5, 5.41) is 4.23. The number of hydrogen-bond donors (Lipinski definition) is 2. The van der Waals surface area contributed by atoms with Gasteiger partial charge in [0.05, 0.1) is 17.3 Å². The number of allylic oxidation sites excluding steroid dienone is 2. The Labute approximate surface area is 184 Å². The lowest BCUT2D eigenvalue weighted by Gasteiger charge is -2.23. The zero-order valence-corrected chi connectivity index (χ0v) is 18.0. The minimum atomic E-state index is -2.80. The van der Waals surface area contributed by atoms with E-state index in [-0.39, 0.29) is 12.0 Å². The average Bonchev–Trinajstić information content (AvgIpc) is 3.40. The molecule has 3 aromatic rings. The lowest BCUT2D eigenvalue weighted by Crippen LogP contribution is -2.26. The molecular weight excluding hydrogens is 415 g/mol. The fourth-order valence-corrected chi connectivity index (χ4v) is 5.10. The molecule has 32 heavy (non-hydrogen) atoms. The molecule has 8 heteroatoms. The molecule has 1 unspecified atom stereocenters. The molecule has 2 aromatic heterocycles. The lowest BCUT2D eigenvalue weighted by molar-refractivity contribution is 0.146. The molecular formula is C24H26F3N5. The van der Waals surface area contributed by atoms with Crippen LogP contribution in [0.4, 0.5) is 19.1 Å². The topological polar surface area (TPSA) is 68.8 Å². The van der Waals surface area contributed by atoms with E-state index in [0.29, 0.717) is 31.5 Å². The number of nitrogens with one attached hydrogen (secondary N) is 1. The summed E-state index contributed by atoms with van der Waals surface area (Å²) in [6.45, 7) is 3.07. The number of rotatable bonds is 5. The van der Waals surface area contributed by atoms with Crippen LogP contribution < -0.4 is 11.1 Å². The maximum Gasteiger partial charge on any atom is 0.266 e. The van der Waals surface area contributed by atoms with Gasteiger partial charge in [-0.25, -0.2) is 18.2 Å². The number of nitrogens with zero attached hydrogens (tertiary/aromatic N) is 3. The van der Waals surface area contributed by atoms with Crippen LogP contribution in [-0.2, 0) is 19.4 Å². The first-order valence-electron chi connectivity index (χ1n) is 11.0. The molecule has 3 heterocycles. The fraction of sp³-hybridized carbons (Fsp3) is 0.417. The number of nitrogen functional groups attached to an aromatic ring is 1. The summed E-state index contributed by atoms with van der Waals surface area (Å²) in [6.07, 6.45) is 5.20. The van der Waals surface area contributed by atoms with Crippen molar-refractivity contribution >= 4 is 17.0 Å². The van der Waals surface area contributed by atoms with Crippen molar-refractivity contribution in [2.45, 2.75) is 58.0 Å². The second kappa shape index (κ2) is 8.24. The van der Waals surface area contributed by atoms with Gasteiger partial charge in [0.25, 0.3) is 6.43 Å². The molecule has 0 fully saturated rings. The molecule has 0 radical (unpaired) electrons. The number of nitrogens with two attached hydrogens (primary N) is 1.